The second-order valence-corrected chi connectivity index (χ2v) is 10.4. The maximum atomic E-state index is 12.7. The molecule has 1 aliphatic heterocycles. The van der Waals surface area contributed by atoms with Gasteiger partial charge in [0.25, 0.3) is 5.91 Å². The number of carbonyl (C=O) groups is 1. The average Bonchev–Trinajstić information content (AvgIpc) is 2.81. The van der Waals surface area contributed by atoms with Crippen LogP contribution in [-0.4, -0.2) is 55.0 Å². The molecule has 4 saturated carbocycles. The third kappa shape index (κ3) is 3.45. The lowest BCUT2D eigenvalue weighted by molar-refractivity contribution is -0.115. The number of nitrogens with zero attached hydrogens (tertiary/aromatic N) is 5. The van der Waals surface area contributed by atoms with Crippen molar-refractivity contribution in [3.63, 3.8) is 0 Å². The van der Waals surface area contributed by atoms with Crippen LogP contribution in [0.15, 0.2) is 24.9 Å². The first kappa shape index (κ1) is 20.0. The van der Waals surface area contributed by atoms with Gasteiger partial charge in [0, 0.05) is 31.0 Å². The van der Waals surface area contributed by atoms with Crippen molar-refractivity contribution in [3.8, 4) is 0 Å². The predicted molar refractivity (Wildman–Crippen MR) is 118 cm³/mol. The van der Waals surface area contributed by atoms with Gasteiger partial charge in [-0.1, -0.05) is 0 Å². The zero-order chi connectivity index (χ0) is 21.7. The monoisotopic (exact) mass is 434 g/mol. The van der Waals surface area contributed by atoms with Crippen molar-refractivity contribution in [2.45, 2.75) is 57.6 Å². The molecule has 1 unspecified atom stereocenters. The number of aromatic nitrogens is 4. The summed E-state index contributed by atoms with van der Waals surface area (Å²) in [4.78, 5) is 31.6. The van der Waals surface area contributed by atoms with Crippen LogP contribution in [0.3, 0.4) is 0 Å². The molecular weight excluding hydrogens is 404 g/mol. The maximum Gasteiger partial charge on any atom is 0.274 e. The standard InChI is InChI=1S/C24H30N6O2/c31-21(24-8-15-5-16(9-24)7-17(6-15)10-24)12-27-22-18-1-4-30(13-20(18)28-14-29-22)23(32)19-11-25-2-3-26-19/h2-3,11,14-17,21,31H,1,4-10,12-13H2,(H,27,28,29). The Labute approximate surface area is 187 Å². The van der Waals surface area contributed by atoms with Crippen LogP contribution in [0, 0.1) is 23.2 Å². The van der Waals surface area contributed by atoms with E-state index in [1.165, 1.54) is 50.9 Å². The smallest absolute Gasteiger partial charge is 0.274 e. The van der Waals surface area contributed by atoms with Crippen LogP contribution in [0.2, 0.25) is 0 Å². The minimum Gasteiger partial charge on any atom is -0.391 e. The quantitative estimate of drug-likeness (QED) is 0.745. The number of aliphatic hydroxyl groups is 1. The molecule has 3 heterocycles. The molecule has 168 valence electrons. The molecule has 7 rings (SSSR count). The molecule has 4 bridgehead atoms. The molecular formula is C24H30N6O2. The predicted octanol–water partition coefficient (Wildman–Crippen LogP) is 2.45. The first-order valence-corrected chi connectivity index (χ1v) is 11.9. The molecule has 5 aliphatic rings. The van der Waals surface area contributed by atoms with E-state index in [0.29, 0.717) is 31.7 Å². The summed E-state index contributed by atoms with van der Waals surface area (Å²) in [5.74, 6) is 3.13. The Balaban J connectivity index is 1.14. The first-order chi connectivity index (χ1) is 15.6. The number of anilines is 1. The lowest BCUT2D eigenvalue weighted by Crippen LogP contribution is -2.53. The molecule has 8 heteroatoms. The van der Waals surface area contributed by atoms with E-state index in [0.717, 1.165) is 34.8 Å². The molecule has 0 aromatic carbocycles. The van der Waals surface area contributed by atoms with Crippen molar-refractivity contribution in [1.29, 1.82) is 0 Å². The van der Waals surface area contributed by atoms with Crippen molar-refractivity contribution in [2.75, 3.05) is 18.4 Å². The van der Waals surface area contributed by atoms with E-state index in [1.807, 2.05) is 0 Å². The second-order valence-electron chi connectivity index (χ2n) is 10.4. The molecule has 2 N–H and O–H groups in total. The van der Waals surface area contributed by atoms with Crippen molar-refractivity contribution < 1.29 is 9.90 Å². The highest BCUT2D eigenvalue weighted by Crippen LogP contribution is 2.61. The third-order valence-electron chi connectivity index (χ3n) is 8.33. The van der Waals surface area contributed by atoms with E-state index in [1.54, 1.807) is 17.4 Å². The fourth-order valence-corrected chi connectivity index (χ4v) is 7.25. The van der Waals surface area contributed by atoms with E-state index in [9.17, 15) is 9.90 Å². The molecule has 4 fully saturated rings. The van der Waals surface area contributed by atoms with E-state index in [-0.39, 0.29) is 17.4 Å². The number of amides is 1. The zero-order valence-electron chi connectivity index (χ0n) is 18.3. The minimum atomic E-state index is -0.347. The topological polar surface area (TPSA) is 104 Å². The Morgan fingerprint density at radius 3 is 2.56 bits per heavy atom. The van der Waals surface area contributed by atoms with E-state index < -0.39 is 0 Å². The summed E-state index contributed by atoms with van der Waals surface area (Å²) in [6.07, 6.45) is 14.2. The van der Waals surface area contributed by atoms with Crippen molar-refractivity contribution in [2.24, 2.45) is 23.2 Å². The number of nitrogens with one attached hydrogen (secondary N) is 1. The Hall–Kier alpha value is -2.61. The maximum absolute atomic E-state index is 12.7. The lowest BCUT2D eigenvalue weighted by Gasteiger charge is -2.58. The number of hydrogen-bond donors (Lipinski definition) is 2. The van der Waals surface area contributed by atoms with Gasteiger partial charge < -0.3 is 15.3 Å². The summed E-state index contributed by atoms with van der Waals surface area (Å²) >= 11 is 0. The summed E-state index contributed by atoms with van der Waals surface area (Å²) < 4.78 is 0. The highest BCUT2D eigenvalue weighted by molar-refractivity contribution is 5.92. The molecule has 2 aromatic rings. The zero-order valence-corrected chi connectivity index (χ0v) is 18.3. The normalized spacial score (nSPS) is 31.3. The van der Waals surface area contributed by atoms with Gasteiger partial charge in [0.05, 0.1) is 24.5 Å². The van der Waals surface area contributed by atoms with Crippen molar-refractivity contribution in [3.05, 3.63) is 41.9 Å². The number of aliphatic hydroxyl groups excluding tert-OH is 1. The van der Waals surface area contributed by atoms with Crippen LogP contribution < -0.4 is 5.32 Å². The van der Waals surface area contributed by atoms with Crippen LogP contribution >= 0.6 is 0 Å². The summed E-state index contributed by atoms with van der Waals surface area (Å²) in [5, 5.41) is 14.7. The van der Waals surface area contributed by atoms with Crippen LogP contribution in [0.25, 0.3) is 0 Å². The number of rotatable bonds is 5. The van der Waals surface area contributed by atoms with E-state index >= 15 is 0 Å². The summed E-state index contributed by atoms with van der Waals surface area (Å²) in [7, 11) is 0. The molecule has 0 spiro atoms. The lowest BCUT2D eigenvalue weighted by atomic mass is 9.48. The van der Waals surface area contributed by atoms with Crippen molar-refractivity contribution in [1.82, 2.24) is 24.8 Å². The van der Waals surface area contributed by atoms with Crippen LogP contribution in [0.4, 0.5) is 5.82 Å². The average molecular weight is 435 g/mol. The van der Waals surface area contributed by atoms with Gasteiger partial charge in [-0.2, -0.15) is 0 Å². The van der Waals surface area contributed by atoms with Gasteiger partial charge in [0.15, 0.2) is 0 Å². The molecule has 4 aliphatic carbocycles. The Morgan fingerprint density at radius 2 is 1.88 bits per heavy atom. The van der Waals surface area contributed by atoms with Crippen LogP contribution in [0.1, 0.15) is 60.3 Å². The van der Waals surface area contributed by atoms with Gasteiger partial charge in [-0.15, -0.1) is 0 Å². The van der Waals surface area contributed by atoms with Gasteiger partial charge >= 0.3 is 0 Å². The highest BCUT2D eigenvalue weighted by Gasteiger charge is 2.53. The Kier molecular flexibility index (Phi) is 4.86. The fourth-order valence-electron chi connectivity index (χ4n) is 7.25. The highest BCUT2D eigenvalue weighted by atomic mass is 16.3. The van der Waals surface area contributed by atoms with Gasteiger partial charge in [-0.3, -0.25) is 9.78 Å². The summed E-state index contributed by atoms with van der Waals surface area (Å²) in [6, 6.07) is 0. The van der Waals surface area contributed by atoms with E-state index in [4.69, 9.17) is 0 Å². The number of fused-ring (bicyclic) bond motifs is 1. The molecule has 32 heavy (non-hydrogen) atoms. The van der Waals surface area contributed by atoms with Crippen LogP contribution in [0.5, 0.6) is 0 Å². The molecule has 8 nitrogen and oxygen atoms in total. The largest absolute Gasteiger partial charge is 0.391 e. The Bertz CT molecular complexity index is 978. The SMILES string of the molecule is O=C(c1cnccn1)N1CCc2c(ncnc2NCC(O)C23CC4CC(CC(C4)C2)C3)C1. The number of hydrogen-bond acceptors (Lipinski definition) is 7. The fraction of sp³-hybridized carbons (Fsp3) is 0.625. The summed E-state index contributed by atoms with van der Waals surface area (Å²) in [6.45, 7) is 1.54. The van der Waals surface area contributed by atoms with Gasteiger partial charge in [-0.05, 0) is 68.1 Å². The molecule has 1 atom stereocenters. The molecule has 2 aromatic heterocycles. The second kappa shape index (κ2) is 7.76. The van der Waals surface area contributed by atoms with Gasteiger partial charge in [0.2, 0.25) is 0 Å². The van der Waals surface area contributed by atoms with Gasteiger partial charge in [-0.25, -0.2) is 15.0 Å². The van der Waals surface area contributed by atoms with Crippen LogP contribution in [-0.2, 0) is 13.0 Å². The summed E-state index contributed by atoms with van der Waals surface area (Å²) in [5.41, 5.74) is 2.35. The minimum absolute atomic E-state index is 0.0920. The van der Waals surface area contributed by atoms with Gasteiger partial charge in [0.1, 0.15) is 17.8 Å². The Morgan fingerprint density at radius 1 is 1.12 bits per heavy atom. The van der Waals surface area contributed by atoms with E-state index in [2.05, 4.69) is 25.3 Å². The number of carbonyl (C=O) groups excluding carboxylic acids is 1. The third-order valence-corrected chi connectivity index (χ3v) is 8.33. The van der Waals surface area contributed by atoms with Crippen molar-refractivity contribution >= 4 is 11.7 Å². The molecule has 0 radical (unpaired) electrons. The first-order valence-electron chi connectivity index (χ1n) is 11.9. The molecule has 0 saturated heterocycles. The molecule has 1 amide bonds.